The van der Waals surface area contributed by atoms with Crippen molar-refractivity contribution in [2.75, 3.05) is 6.61 Å². The smallest absolute Gasteiger partial charge is 0.340 e. The van der Waals surface area contributed by atoms with Crippen molar-refractivity contribution >= 4 is 40.6 Å². The minimum atomic E-state index is -1.34. The van der Waals surface area contributed by atoms with E-state index >= 15 is 0 Å². The second-order valence-electron chi connectivity index (χ2n) is 5.09. The number of azo groups is 1. The quantitative estimate of drug-likeness (QED) is 0.393. The van der Waals surface area contributed by atoms with Gasteiger partial charge in [0.25, 0.3) is 0 Å². The minimum absolute atomic E-state index is 0.0161. The zero-order valence-electron chi connectivity index (χ0n) is 13.5. The van der Waals surface area contributed by atoms with Crippen LogP contribution in [-0.2, 0) is 20.7 Å². The van der Waals surface area contributed by atoms with Crippen molar-refractivity contribution in [2.45, 2.75) is 19.4 Å². The van der Waals surface area contributed by atoms with Crippen molar-refractivity contribution in [3.8, 4) is 0 Å². The van der Waals surface area contributed by atoms with Gasteiger partial charge in [0.15, 0.2) is 5.78 Å². The predicted molar refractivity (Wildman–Crippen MR) is 96.6 cm³/mol. The van der Waals surface area contributed by atoms with Crippen molar-refractivity contribution in [2.24, 2.45) is 10.2 Å². The van der Waals surface area contributed by atoms with Crippen LogP contribution in [0.5, 0.6) is 0 Å². The highest BCUT2D eigenvalue weighted by molar-refractivity contribution is 6.32. The van der Waals surface area contributed by atoms with Crippen LogP contribution in [0.15, 0.2) is 58.8 Å². The molecule has 7 heteroatoms. The summed E-state index contributed by atoms with van der Waals surface area (Å²) in [7, 11) is 0. The molecule has 5 nitrogen and oxygen atoms in total. The molecule has 1 unspecified atom stereocenters. The molecule has 0 aliphatic rings. The standard InChI is InChI=1S/C18H16Cl2N2O3/c1-2-25-18(24)17(22-21-15-6-4-3-5-14(15)20)16(23)11-12-7-9-13(19)10-8-12/h3-10,17H,2,11H2,1H3. The maximum Gasteiger partial charge on any atom is 0.340 e. The van der Waals surface area contributed by atoms with Crippen molar-refractivity contribution < 1.29 is 14.3 Å². The summed E-state index contributed by atoms with van der Waals surface area (Å²) in [5.41, 5.74) is 1.09. The molecular weight excluding hydrogens is 363 g/mol. The lowest BCUT2D eigenvalue weighted by Crippen LogP contribution is -2.31. The fourth-order valence-corrected chi connectivity index (χ4v) is 2.32. The number of nitrogens with zero attached hydrogens (tertiary/aromatic N) is 2. The average Bonchev–Trinajstić information content (AvgIpc) is 2.59. The summed E-state index contributed by atoms with van der Waals surface area (Å²) in [6.07, 6.45) is 0.0161. The highest BCUT2D eigenvalue weighted by atomic mass is 35.5. The molecule has 0 bridgehead atoms. The van der Waals surface area contributed by atoms with E-state index in [9.17, 15) is 9.59 Å². The molecule has 0 heterocycles. The van der Waals surface area contributed by atoms with Crippen LogP contribution in [0.25, 0.3) is 0 Å². The van der Waals surface area contributed by atoms with E-state index in [-0.39, 0.29) is 13.0 Å². The number of benzene rings is 2. The van der Waals surface area contributed by atoms with Crippen molar-refractivity contribution in [3.63, 3.8) is 0 Å². The van der Waals surface area contributed by atoms with Gasteiger partial charge < -0.3 is 4.74 Å². The molecule has 1 atom stereocenters. The van der Waals surface area contributed by atoms with Gasteiger partial charge in [0.2, 0.25) is 6.04 Å². The molecule has 0 aromatic heterocycles. The van der Waals surface area contributed by atoms with Gasteiger partial charge in [-0.3, -0.25) is 4.79 Å². The van der Waals surface area contributed by atoms with Gasteiger partial charge in [-0.2, -0.15) is 10.2 Å². The molecule has 0 radical (unpaired) electrons. The van der Waals surface area contributed by atoms with Crippen LogP contribution in [0.4, 0.5) is 5.69 Å². The highest BCUT2D eigenvalue weighted by Gasteiger charge is 2.28. The van der Waals surface area contributed by atoms with E-state index in [4.69, 9.17) is 27.9 Å². The van der Waals surface area contributed by atoms with Crippen LogP contribution in [0, 0.1) is 0 Å². The van der Waals surface area contributed by atoms with Crippen molar-refractivity contribution in [3.05, 3.63) is 64.1 Å². The van der Waals surface area contributed by atoms with Crippen LogP contribution >= 0.6 is 23.2 Å². The second-order valence-corrected chi connectivity index (χ2v) is 5.93. The minimum Gasteiger partial charge on any atom is -0.464 e. The predicted octanol–water partition coefficient (Wildman–Crippen LogP) is 4.82. The molecule has 0 spiro atoms. The van der Waals surface area contributed by atoms with E-state index in [0.717, 1.165) is 5.56 Å². The molecule has 2 aromatic carbocycles. The van der Waals surface area contributed by atoms with Crippen molar-refractivity contribution in [1.82, 2.24) is 0 Å². The Kier molecular flexibility index (Phi) is 7.10. The van der Waals surface area contributed by atoms with E-state index in [1.54, 1.807) is 55.5 Å². The molecule has 0 saturated carbocycles. The Labute approximate surface area is 155 Å². The summed E-state index contributed by atoms with van der Waals surface area (Å²) in [4.78, 5) is 24.6. The lowest BCUT2D eigenvalue weighted by Gasteiger charge is -2.10. The molecule has 0 N–H and O–H groups in total. The number of carbonyl (C=O) groups excluding carboxylic acids is 2. The summed E-state index contributed by atoms with van der Waals surface area (Å²) in [6.45, 7) is 1.80. The molecular formula is C18H16Cl2N2O3. The molecule has 0 saturated heterocycles. The third-order valence-electron chi connectivity index (χ3n) is 3.24. The number of ether oxygens (including phenoxy) is 1. The Morgan fingerprint density at radius 3 is 2.40 bits per heavy atom. The van der Waals surface area contributed by atoms with E-state index in [0.29, 0.717) is 15.7 Å². The average molecular weight is 379 g/mol. The number of ketones is 1. The van der Waals surface area contributed by atoms with Gasteiger partial charge in [0.1, 0.15) is 5.69 Å². The molecule has 2 rings (SSSR count). The van der Waals surface area contributed by atoms with Crippen LogP contribution in [0.2, 0.25) is 10.0 Å². The summed E-state index contributed by atoms with van der Waals surface area (Å²) < 4.78 is 4.93. The lowest BCUT2D eigenvalue weighted by atomic mass is 10.0. The van der Waals surface area contributed by atoms with Crippen LogP contribution in [0.1, 0.15) is 12.5 Å². The van der Waals surface area contributed by atoms with E-state index in [1.807, 2.05) is 0 Å². The Morgan fingerprint density at radius 2 is 1.76 bits per heavy atom. The Morgan fingerprint density at radius 1 is 1.08 bits per heavy atom. The van der Waals surface area contributed by atoms with Gasteiger partial charge in [-0.05, 0) is 36.8 Å². The van der Waals surface area contributed by atoms with Crippen LogP contribution < -0.4 is 0 Å². The van der Waals surface area contributed by atoms with E-state index < -0.39 is 17.8 Å². The molecule has 130 valence electrons. The normalized spacial score (nSPS) is 12.1. The monoisotopic (exact) mass is 378 g/mol. The first-order valence-electron chi connectivity index (χ1n) is 7.60. The zero-order chi connectivity index (χ0) is 18.2. The van der Waals surface area contributed by atoms with Crippen LogP contribution in [0.3, 0.4) is 0 Å². The molecule has 0 aliphatic carbocycles. The number of halogens is 2. The van der Waals surface area contributed by atoms with Gasteiger partial charge in [-0.15, -0.1) is 0 Å². The number of Topliss-reactive ketones (excluding diaryl/α,β-unsaturated/α-hetero) is 1. The third kappa shape index (κ3) is 5.66. The maximum absolute atomic E-state index is 12.5. The summed E-state index contributed by atoms with van der Waals surface area (Å²) >= 11 is 11.8. The van der Waals surface area contributed by atoms with Gasteiger partial charge in [-0.25, -0.2) is 4.79 Å². The first-order chi connectivity index (χ1) is 12.0. The van der Waals surface area contributed by atoms with Gasteiger partial charge in [-0.1, -0.05) is 47.5 Å². The third-order valence-corrected chi connectivity index (χ3v) is 3.81. The lowest BCUT2D eigenvalue weighted by molar-refractivity contribution is -0.147. The van der Waals surface area contributed by atoms with Gasteiger partial charge in [0.05, 0.1) is 11.6 Å². The summed E-state index contributed by atoms with van der Waals surface area (Å²) in [6, 6.07) is 12.2. The Balaban J connectivity index is 2.20. The Hall–Kier alpha value is -2.24. The molecule has 0 aliphatic heterocycles. The maximum atomic E-state index is 12.5. The fourth-order valence-electron chi connectivity index (χ4n) is 2.02. The summed E-state index contributed by atoms with van der Waals surface area (Å²) in [5, 5.41) is 8.75. The number of rotatable bonds is 7. The van der Waals surface area contributed by atoms with Crippen LogP contribution in [-0.4, -0.2) is 24.4 Å². The van der Waals surface area contributed by atoms with E-state index in [1.165, 1.54) is 0 Å². The topological polar surface area (TPSA) is 68.1 Å². The van der Waals surface area contributed by atoms with Crippen molar-refractivity contribution in [1.29, 1.82) is 0 Å². The number of esters is 1. The molecule has 2 aromatic rings. The molecule has 25 heavy (non-hydrogen) atoms. The van der Waals surface area contributed by atoms with Gasteiger partial charge >= 0.3 is 5.97 Å². The second kappa shape index (κ2) is 9.30. The molecule has 0 fully saturated rings. The molecule has 0 amide bonds. The largest absolute Gasteiger partial charge is 0.464 e. The SMILES string of the molecule is CCOC(=O)C(N=Nc1ccccc1Cl)C(=O)Cc1ccc(Cl)cc1. The number of hydrogen-bond donors (Lipinski definition) is 0. The van der Waals surface area contributed by atoms with Gasteiger partial charge in [0, 0.05) is 11.4 Å². The number of hydrogen-bond acceptors (Lipinski definition) is 5. The first kappa shape index (κ1) is 19.1. The summed E-state index contributed by atoms with van der Waals surface area (Å²) in [5.74, 6) is -1.16. The first-order valence-corrected chi connectivity index (χ1v) is 8.36. The Bertz CT molecular complexity index is 776. The van der Waals surface area contributed by atoms with E-state index in [2.05, 4.69) is 10.2 Å². The fraction of sp³-hybridized carbons (Fsp3) is 0.222. The zero-order valence-corrected chi connectivity index (χ0v) is 15.0. The highest BCUT2D eigenvalue weighted by Crippen LogP contribution is 2.24. The number of carbonyl (C=O) groups is 2.